The highest BCUT2D eigenvalue weighted by molar-refractivity contribution is 5.54. The van der Waals surface area contributed by atoms with Gasteiger partial charge < -0.3 is 9.72 Å². The molecule has 0 aliphatic heterocycles. The van der Waals surface area contributed by atoms with Crippen LogP contribution in [0.25, 0.3) is 5.65 Å². The van der Waals surface area contributed by atoms with E-state index in [2.05, 4.69) is 20.4 Å². The van der Waals surface area contributed by atoms with E-state index in [9.17, 15) is 0 Å². The molecule has 4 rings (SSSR count). The van der Waals surface area contributed by atoms with Crippen LogP contribution in [0.4, 0.5) is 11.5 Å². The first-order chi connectivity index (χ1) is 11.8. The Labute approximate surface area is 137 Å². The van der Waals surface area contributed by atoms with E-state index in [1.54, 1.807) is 18.3 Å². The summed E-state index contributed by atoms with van der Waals surface area (Å²) >= 11 is 0. The molecule has 4 aromatic heterocycles. The molecule has 0 saturated carbocycles. The van der Waals surface area contributed by atoms with Gasteiger partial charge in [0, 0.05) is 24.8 Å². The summed E-state index contributed by atoms with van der Waals surface area (Å²) in [5, 5.41) is 16.3. The number of nitriles is 1. The Kier molecular flexibility index (Phi) is 3.41. The van der Waals surface area contributed by atoms with Crippen LogP contribution < -0.4 is 5.32 Å². The van der Waals surface area contributed by atoms with Crippen molar-refractivity contribution in [2.24, 2.45) is 0 Å². The monoisotopic (exact) mass is 315 g/mol. The molecular formula is C17H13N7. The quantitative estimate of drug-likeness (QED) is 0.626. The SMILES string of the molecule is N#Cc1ccc(Nc2cnn(Cc3cn4ccccc4n3)c2)nc1. The van der Waals surface area contributed by atoms with Crippen LogP contribution in [-0.2, 0) is 6.54 Å². The van der Waals surface area contributed by atoms with Crippen LogP contribution in [0.5, 0.6) is 0 Å². The molecule has 116 valence electrons. The number of nitrogens with zero attached hydrogens (tertiary/aromatic N) is 6. The zero-order valence-electron chi connectivity index (χ0n) is 12.7. The lowest BCUT2D eigenvalue weighted by atomic mass is 10.3. The smallest absolute Gasteiger partial charge is 0.137 e. The minimum absolute atomic E-state index is 0.531. The summed E-state index contributed by atoms with van der Waals surface area (Å²) in [5.74, 6) is 0.668. The molecule has 0 saturated heterocycles. The predicted molar refractivity (Wildman–Crippen MR) is 88.8 cm³/mol. The Bertz CT molecular complexity index is 988. The maximum Gasteiger partial charge on any atom is 0.137 e. The normalized spacial score (nSPS) is 10.6. The van der Waals surface area contributed by atoms with Crippen molar-refractivity contribution >= 4 is 17.2 Å². The van der Waals surface area contributed by atoms with Crippen molar-refractivity contribution in [3.63, 3.8) is 0 Å². The highest BCUT2D eigenvalue weighted by Gasteiger charge is 2.05. The van der Waals surface area contributed by atoms with Crippen LogP contribution in [-0.4, -0.2) is 24.1 Å². The van der Waals surface area contributed by atoms with Gasteiger partial charge in [0.05, 0.1) is 29.7 Å². The molecule has 0 aliphatic carbocycles. The minimum atomic E-state index is 0.531. The summed E-state index contributed by atoms with van der Waals surface area (Å²) in [6, 6.07) is 11.4. The van der Waals surface area contributed by atoms with Crippen molar-refractivity contribution in [2.45, 2.75) is 6.54 Å². The van der Waals surface area contributed by atoms with Gasteiger partial charge in [-0.05, 0) is 24.3 Å². The molecule has 1 N–H and O–H groups in total. The maximum atomic E-state index is 8.78. The van der Waals surface area contributed by atoms with E-state index in [0.29, 0.717) is 17.9 Å². The van der Waals surface area contributed by atoms with E-state index in [-0.39, 0.29) is 0 Å². The zero-order chi connectivity index (χ0) is 16.4. The number of fused-ring (bicyclic) bond motifs is 1. The van der Waals surface area contributed by atoms with Crippen molar-refractivity contribution in [1.29, 1.82) is 5.26 Å². The fraction of sp³-hybridized carbons (Fsp3) is 0.0588. The van der Waals surface area contributed by atoms with Crippen LogP contribution in [0, 0.1) is 11.3 Å². The molecule has 4 aromatic rings. The highest BCUT2D eigenvalue weighted by atomic mass is 15.3. The highest BCUT2D eigenvalue weighted by Crippen LogP contribution is 2.14. The molecule has 7 nitrogen and oxygen atoms in total. The predicted octanol–water partition coefficient (Wildman–Crippen LogP) is 2.59. The average Bonchev–Trinajstić information content (AvgIpc) is 3.22. The molecule has 0 unspecified atom stereocenters. The van der Waals surface area contributed by atoms with Crippen molar-refractivity contribution in [2.75, 3.05) is 5.32 Å². The molecule has 4 heterocycles. The number of aromatic nitrogens is 5. The second kappa shape index (κ2) is 5.85. The molecule has 0 radical (unpaired) electrons. The van der Waals surface area contributed by atoms with Crippen molar-refractivity contribution < 1.29 is 0 Å². The molecule has 0 aliphatic rings. The number of imidazole rings is 1. The molecule has 0 atom stereocenters. The Balaban J connectivity index is 1.48. The van der Waals surface area contributed by atoms with Gasteiger partial charge in [0.15, 0.2) is 0 Å². The van der Waals surface area contributed by atoms with Crippen molar-refractivity contribution in [3.8, 4) is 6.07 Å². The number of rotatable bonds is 4. The fourth-order valence-electron chi connectivity index (χ4n) is 2.43. The lowest BCUT2D eigenvalue weighted by Crippen LogP contribution is -2.00. The van der Waals surface area contributed by atoms with Gasteiger partial charge in [0.2, 0.25) is 0 Å². The van der Waals surface area contributed by atoms with Crippen molar-refractivity contribution in [3.05, 3.63) is 72.6 Å². The summed E-state index contributed by atoms with van der Waals surface area (Å²) < 4.78 is 3.80. The molecule has 0 bridgehead atoms. The van der Waals surface area contributed by atoms with Crippen LogP contribution in [0.15, 0.2) is 61.3 Å². The summed E-state index contributed by atoms with van der Waals surface area (Å²) in [6.07, 6.45) is 9.12. The second-order valence-electron chi connectivity index (χ2n) is 5.29. The van der Waals surface area contributed by atoms with Gasteiger partial charge in [-0.3, -0.25) is 4.68 Å². The fourth-order valence-corrected chi connectivity index (χ4v) is 2.43. The standard InChI is InChI=1S/C17H13N7/c18-7-13-4-5-16(19-8-13)21-14-9-20-24(11-14)12-15-10-23-6-2-1-3-17(23)22-15/h1-6,8-11H,12H2,(H,19,21). The molecule has 0 aromatic carbocycles. The Hall–Kier alpha value is -3.66. The maximum absolute atomic E-state index is 8.78. The summed E-state index contributed by atoms with van der Waals surface area (Å²) in [4.78, 5) is 8.74. The van der Waals surface area contributed by atoms with E-state index in [0.717, 1.165) is 17.0 Å². The van der Waals surface area contributed by atoms with E-state index in [4.69, 9.17) is 5.26 Å². The Morgan fingerprint density at radius 1 is 1.12 bits per heavy atom. The molecule has 0 spiro atoms. The zero-order valence-corrected chi connectivity index (χ0v) is 12.7. The van der Waals surface area contributed by atoms with E-state index in [1.165, 1.54) is 6.20 Å². The van der Waals surface area contributed by atoms with Gasteiger partial charge in [-0.25, -0.2) is 9.97 Å². The Morgan fingerprint density at radius 2 is 2.08 bits per heavy atom. The van der Waals surface area contributed by atoms with Gasteiger partial charge in [-0.1, -0.05) is 6.07 Å². The number of hydrogen-bond acceptors (Lipinski definition) is 5. The topological polar surface area (TPSA) is 83.8 Å². The molecule has 24 heavy (non-hydrogen) atoms. The van der Waals surface area contributed by atoms with Crippen LogP contribution >= 0.6 is 0 Å². The lowest BCUT2D eigenvalue weighted by Gasteiger charge is -2.01. The molecule has 0 amide bonds. The lowest BCUT2D eigenvalue weighted by molar-refractivity contribution is 0.676. The molecular weight excluding hydrogens is 302 g/mol. The van der Waals surface area contributed by atoms with Gasteiger partial charge in [-0.2, -0.15) is 10.4 Å². The molecule has 7 heteroatoms. The van der Waals surface area contributed by atoms with Gasteiger partial charge >= 0.3 is 0 Å². The number of hydrogen-bond donors (Lipinski definition) is 1. The third-order valence-electron chi connectivity index (χ3n) is 3.54. The molecule has 0 fully saturated rings. The minimum Gasteiger partial charge on any atom is -0.338 e. The van der Waals surface area contributed by atoms with E-state index in [1.807, 2.05) is 51.9 Å². The second-order valence-corrected chi connectivity index (χ2v) is 5.29. The van der Waals surface area contributed by atoms with Gasteiger partial charge in [0.1, 0.15) is 17.5 Å². The first-order valence-electron chi connectivity index (χ1n) is 7.38. The van der Waals surface area contributed by atoms with Crippen LogP contribution in [0.3, 0.4) is 0 Å². The number of pyridine rings is 2. The van der Waals surface area contributed by atoms with Gasteiger partial charge in [0.25, 0.3) is 0 Å². The summed E-state index contributed by atoms with van der Waals surface area (Å²) in [5.41, 5.74) is 3.21. The van der Waals surface area contributed by atoms with Crippen LogP contribution in [0.2, 0.25) is 0 Å². The number of nitrogens with one attached hydrogen (secondary N) is 1. The third kappa shape index (κ3) is 2.80. The first-order valence-corrected chi connectivity index (χ1v) is 7.38. The first kappa shape index (κ1) is 14.0. The Morgan fingerprint density at radius 3 is 2.88 bits per heavy atom. The summed E-state index contributed by atoms with van der Waals surface area (Å²) in [6.45, 7) is 0.587. The van der Waals surface area contributed by atoms with Gasteiger partial charge in [-0.15, -0.1) is 0 Å². The third-order valence-corrected chi connectivity index (χ3v) is 3.54. The van der Waals surface area contributed by atoms with Crippen molar-refractivity contribution in [1.82, 2.24) is 24.1 Å². The van der Waals surface area contributed by atoms with E-state index >= 15 is 0 Å². The number of anilines is 2. The average molecular weight is 315 g/mol. The van der Waals surface area contributed by atoms with Crippen LogP contribution in [0.1, 0.15) is 11.3 Å². The van der Waals surface area contributed by atoms with E-state index < -0.39 is 0 Å². The summed E-state index contributed by atoms with van der Waals surface area (Å²) in [7, 11) is 0. The largest absolute Gasteiger partial charge is 0.338 e.